The first kappa shape index (κ1) is 10.9. The molecule has 2 heterocycles. The number of rotatable bonds is 3. The summed E-state index contributed by atoms with van der Waals surface area (Å²) in [4.78, 5) is 13.9. The fourth-order valence-electron chi connectivity index (χ4n) is 1.98. The Morgan fingerprint density at radius 2 is 2.40 bits per heavy atom. The molecule has 0 spiro atoms. The van der Waals surface area contributed by atoms with E-state index in [1.54, 1.807) is 0 Å². The van der Waals surface area contributed by atoms with E-state index in [1.165, 1.54) is 11.3 Å². The zero-order chi connectivity index (χ0) is 10.8. The Morgan fingerprint density at radius 3 is 2.93 bits per heavy atom. The molecule has 0 aliphatic carbocycles. The van der Waals surface area contributed by atoms with Gasteiger partial charge >= 0.3 is 4.87 Å². The van der Waals surface area contributed by atoms with E-state index in [0.717, 1.165) is 38.3 Å². The Labute approximate surface area is 93.3 Å². The Balaban J connectivity index is 1.91. The first-order valence-electron chi connectivity index (χ1n) is 5.29. The van der Waals surface area contributed by atoms with Crippen molar-refractivity contribution >= 4 is 11.3 Å². The molecule has 1 aliphatic heterocycles. The Morgan fingerprint density at radius 1 is 1.60 bits per heavy atom. The summed E-state index contributed by atoms with van der Waals surface area (Å²) in [6, 6.07) is 0.324. The van der Waals surface area contributed by atoms with E-state index in [-0.39, 0.29) is 4.87 Å². The minimum atomic E-state index is 0.149. The molecule has 0 aromatic carbocycles. The van der Waals surface area contributed by atoms with Gasteiger partial charge in [-0.3, -0.25) is 9.69 Å². The molecule has 1 unspecified atom stereocenters. The molecule has 1 aromatic rings. The van der Waals surface area contributed by atoms with Crippen LogP contribution in [0.4, 0.5) is 0 Å². The summed E-state index contributed by atoms with van der Waals surface area (Å²) in [6.07, 6.45) is 1.08. The predicted octanol–water partition coefficient (Wildman–Crippen LogP) is 0.251. The van der Waals surface area contributed by atoms with Crippen molar-refractivity contribution < 1.29 is 0 Å². The van der Waals surface area contributed by atoms with Gasteiger partial charge in [0, 0.05) is 36.8 Å². The number of hydrogen-bond donors (Lipinski definition) is 1. The van der Waals surface area contributed by atoms with Gasteiger partial charge in [0.2, 0.25) is 0 Å². The van der Waals surface area contributed by atoms with Gasteiger partial charge in [-0.15, -0.1) is 0 Å². The lowest BCUT2D eigenvalue weighted by Crippen LogP contribution is -2.31. The molecule has 0 saturated carbocycles. The molecule has 1 aliphatic rings. The maximum absolute atomic E-state index is 11.4. The van der Waals surface area contributed by atoms with Crippen LogP contribution < -0.4 is 10.6 Å². The summed E-state index contributed by atoms with van der Waals surface area (Å²) in [5.41, 5.74) is 6.89. The van der Waals surface area contributed by atoms with Crippen molar-refractivity contribution in [1.29, 1.82) is 0 Å². The van der Waals surface area contributed by atoms with Crippen LogP contribution in [0.3, 0.4) is 0 Å². The summed E-state index contributed by atoms with van der Waals surface area (Å²) in [5.74, 6) is 0. The molecule has 4 nitrogen and oxygen atoms in total. The van der Waals surface area contributed by atoms with Crippen molar-refractivity contribution in [3.8, 4) is 0 Å². The number of aryl methyl sites for hydroxylation is 1. The van der Waals surface area contributed by atoms with Gasteiger partial charge in [-0.2, -0.15) is 0 Å². The minimum Gasteiger partial charge on any atom is -0.326 e. The topological polar surface area (TPSA) is 51.3 Å². The summed E-state index contributed by atoms with van der Waals surface area (Å²) < 4.78 is 1.84. The van der Waals surface area contributed by atoms with Gasteiger partial charge in [0.05, 0.1) is 0 Å². The van der Waals surface area contributed by atoms with Crippen LogP contribution in [0.25, 0.3) is 0 Å². The molecule has 1 fully saturated rings. The van der Waals surface area contributed by atoms with Crippen molar-refractivity contribution in [2.75, 3.05) is 19.6 Å². The molecule has 84 valence electrons. The van der Waals surface area contributed by atoms with Crippen LogP contribution in [0.5, 0.6) is 0 Å². The molecule has 5 heteroatoms. The van der Waals surface area contributed by atoms with E-state index in [9.17, 15) is 4.79 Å². The highest BCUT2D eigenvalue weighted by molar-refractivity contribution is 7.07. The molecular weight excluding hydrogens is 210 g/mol. The number of nitrogens with zero attached hydrogens (tertiary/aromatic N) is 2. The van der Waals surface area contributed by atoms with Crippen LogP contribution in [0, 0.1) is 6.92 Å². The first-order valence-corrected chi connectivity index (χ1v) is 6.17. The van der Waals surface area contributed by atoms with Gasteiger partial charge in [0.1, 0.15) is 0 Å². The second kappa shape index (κ2) is 4.47. The molecule has 0 amide bonds. The molecule has 15 heavy (non-hydrogen) atoms. The molecule has 1 saturated heterocycles. The lowest BCUT2D eigenvalue weighted by atomic mass is 10.3. The average Bonchev–Trinajstić information content (AvgIpc) is 2.73. The highest BCUT2D eigenvalue weighted by Crippen LogP contribution is 2.07. The van der Waals surface area contributed by atoms with Crippen molar-refractivity contribution in [3.63, 3.8) is 0 Å². The zero-order valence-electron chi connectivity index (χ0n) is 8.98. The maximum atomic E-state index is 11.4. The normalized spacial score (nSPS) is 22.4. The van der Waals surface area contributed by atoms with Gasteiger partial charge in [-0.25, -0.2) is 0 Å². The van der Waals surface area contributed by atoms with Crippen molar-refractivity contribution in [1.82, 2.24) is 9.47 Å². The van der Waals surface area contributed by atoms with E-state index in [4.69, 9.17) is 5.73 Å². The smallest absolute Gasteiger partial charge is 0.307 e. The highest BCUT2D eigenvalue weighted by Gasteiger charge is 2.18. The van der Waals surface area contributed by atoms with Gasteiger partial charge in [-0.05, 0) is 19.9 Å². The largest absolute Gasteiger partial charge is 0.326 e. The number of likely N-dealkylation sites (tertiary alicyclic amines) is 1. The van der Waals surface area contributed by atoms with Gasteiger partial charge < -0.3 is 10.3 Å². The third-order valence-corrected chi connectivity index (χ3v) is 3.81. The lowest BCUT2D eigenvalue weighted by Gasteiger charge is -2.15. The van der Waals surface area contributed by atoms with E-state index >= 15 is 0 Å². The van der Waals surface area contributed by atoms with E-state index in [0.29, 0.717) is 6.04 Å². The SMILES string of the molecule is Cc1csc(=O)n1CCN1CCC(N)C1. The predicted molar refractivity (Wildman–Crippen MR) is 62.3 cm³/mol. The van der Waals surface area contributed by atoms with Gasteiger partial charge in [0.15, 0.2) is 0 Å². The van der Waals surface area contributed by atoms with E-state index in [1.807, 2.05) is 16.9 Å². The van der Waals surface area contributed by atoms with E-state index < -0.39 is 0 Å². The second-order valence-corrected chi connectivity index (χ2v) is 4.96. The van der Waals surface area contributed by atoms with Crippen molar-refractivity contribution in [3.05, 3.63) is 20.7 Å². The molecule has 2 rings (SSSR count). The Kier molecular flexibility index (Phi) is 3.23. The van der Waals surface area contributed by atoms with Crippen LogP contribution in [0.15, 0.2) is 10.2 Å². The number of thiazole rings is 1. The van der Waals surface area contributed by atoms with Crippen LogP contribution in [-0.2, 0) is 6.54 Å². The summed E-state index contributed by atoms with van der Waals surface area (Å²) in [6.45, 7) is 5.75. The third kappa shape index (κ3) is 2.48. The average molecular weight is 227 g/mol. The first-order chi connectivity index (χ1) is 7.16. The minimum absolute atomic E-state index is 0.149. The highest BCUT2D eigenvalue weighted by atomic mass is 32.1. The van der Waals surface area contributed by atoms with Crippen LogP contribution >= 0.6 is 11.3 Å². The molecule has 1 aromatic heterocycles. The Bertz CT molecular complexity index is 384. The number of hydrogen-bond acceptors (Lipinski definition) is 4. The van der Waals surface area contributed by atoms with Gasteiger partial charge in [-0.1, -0.05) is 11.3 Å². The second-order valence-electron chi connectivity index (χ2n) is 4.14. The van der Waals surface area contributed by atoms with Crippen LogP contribution in [0.2, 0.25) is 0 Å². The van der Waals surface area contributed by atoms with Crippen molar-refractivity contribution in [2.24, 2.45) is 5.73 Å². The molecule has 0 bridgehead atoms. The quantitative estimate of drug-likeness (QED) is 0.805. The molecule has 0 radical (unpaired) electrons. The van der Waals surface area contributed by atoms with E-state index in [2.05, 4.69) is 4.90 Å². The summed E-state index contributed by atoms with van der Waals surface area (Å²) in [7, 11) is 0. The fourth-order valence-corrected chi connectivity index (χ4v) is 2.74. The van der Waals surface area contributed by atoms with Crippen LogP contribution in [-0.4, -0.2) is 35.1 Å². The monoisotopic (exact) mass is 227 g/mol. The standard InChI is InChI=1S/C10H17N3OS/c1-8-7-15-10(14)13(8)5-4-12-3-2-9(11)6-12/h7,9H,2-6,11H2,1H3. The summed E-state index contributed by atoms with van der Waals surface area (Å²) in [5, 5.41) is 1.91. The number of aromatic nitrogens is 1. The Hall–Kier alpha value is -0.650. The van der Waals surface area contributed by atoms with Crippen LogP contribution in [0.1, 0.15) is 12.1 Å². The molecule has 2 N–H and O–H groups in total. The van der Waals surface area contributed by atoms with Crippen molar-refractivity contribution in [2.45, 2.75) is 25.9 Å². The fraction of sp³-hybridized carbons (Fsp3) is 0.700. The zero-order valence-corrected chi connectivity index (χ0v) is 9.80. The third-order valence-electron chi connectivity index (χ3n) is 2.93. The molecule has 1 atom stereocenters. The number of nitrogens with two attached hydrogens (primary N) is 1. The molecular formula is C10H17N3OS. The summed E-state index contributed by atoms with van der Waals surface area (Å²) >= 11 is 1.28. The maximum Gasteiger partial charge on any atom is 0.307 e. The lowest BCUT2D eigenvalue weighted by molar-refractivity contribution is 0.316. The van der Waals surface area contributed by atoms with Gasteiger partial charge in [0.25, 0.3) is 0 Å².